The van der Waals surface area contributed by atoms with Crippen molar-refractivity contribution >= 4 is 50.7 Å². The fourth-order valence-corrected chi connectivity index (χ4v) is 3.06. The molecule has 0 saturated heterocycles. The zero-order valence-corrected chi connectivity index (χ0v) is 17.9. The quantitative estimate of drug-likeness (QED) is 0.365. The molecule has 0 saturated carbocycles. The number of benzene rings is 2. The van der Waals surface area contributed by atoms with E-state index in [2.05, 4.69) is 15.9 Å². The van der Waals surface area contributed by atoms with Gasteiger partial charge in [-0.25, -0.2) is 0 Å². The van der Waals surface area contributed by atoms with E-state index in [0.29, 0.717) is 22.7 Å². The van der Waals surface area contributed by atoms with E-state index in [1.54, 1.807) is 30.3 Å². The molecule has 0 fully saturated rings. The summed E-state index contributed by atoms with van der Waals surface area (Å²) in [6, 6.07) is 14.8. The van der Waals surface area contributed by atoms with Gasteiger partial charge in [0.05, 0.1) is 5.39 Å². The van der Waals surface area contributed by atoms with Crippen LogP contribution in [0.1, 0.15) is 24.2 Å². The van der Waals surface area contributed by atoms with Crippen molar-refractivity contribution in [3.8, 4) is 5.75 Å². The van der Waals surface area contributed by atoms with E-state index in [9.17, 15) is 9.59 Å². The highest BCUT2D eigenvalue weighted by atomic mass is 79.9. The molecule has 0 aliphatic carbocycles. The number of anilines is 1. The summed E-state index contributed by atoms with van der Waals surface area (Å²) in [6.07, 6.45) is 4.32. The Bertz CT molecular complexity index is 1080. The first kappa shape index (κ1) is 20.9. The number of alkyl halides is 1. The van der Waals surface area contributed by atoms with Crippen molar-refractivity contribution in [3.63, 3.8) is 0 Å². The predicted molar refractivity (Wildman–Crippen MR) is 121 cm³/mol. The largest absolute Gasteiger partial charge is 0.453 e. The average molecular weight is 456 g/mol. The molecule has 0 amide bonds. The molecule has 1 aromatic heterocycles. The van der Waals surface area contributed by atoms with Crippen molar-refractivity contribution in [2.45, 2.75) is 12.8 Å². The number of carbonyl (C=O) groups excluding carboxylic acids is 1. The second-order valence-electron chi connectivity index (χ2n) is 6.71. The Kier molecular flexibility index (Phi) is 6.88. The number of halogens is 1. The van der Waals surface area contributed by atoms with Crippen LogP contribution in [0.15, 0.2) is 57.7 Å². The highest BCUT2D eigenvalue weighted by Crippen LogP contribution is 2.24. The molecule has 0 aliphatic heterocycles. The number of ether oxygens (including phenoxy) is 1. The van der Waals surface area contributed by atoms with Crippen molar-refractivity contribution in [2.24, 2.45) is 0 Å². The number of fused-ring (bicyclic) bond motifs is 1. The fourth-order valence-electron chi connectivity index (χ4n) is 2.78. The van der Waals surface area contributed by atoms with Crippen LogP contribution >= 0.6 is 15.9 Å². The van der Waals surface area contributed by atoms with Crippen molar-refractivity contribution in [1.82, 2.24) is 0 Å². The molecule has 0 atom stereocenters. The molecule has 0 spiro atoms. The molecular weight excluding hydrogens is 434 g/mol. The number of hydrogen-bond donors (Lipinski definition) is 0. The van der Waals surface area contributed by atoms with Crippen LogP contribution in [0.5, 0.6) is 5.75 Å². The molecule has 0 aliphatic rings. The maximum Gasteiger partial charge on any atom is 0.311 e. The lowest BCUT2D eigenvalue weighted by Crippen LogP contribution is -2.16. The van der Waals surface area contributed by atoms with Crippen LogP contribution < -0.4 is 15.1 Å². The number of hydrogen-bond acceptors (Lipinski definition) is 5. The molecule has 0 bridgehead atoms. The second-order valence-corrected chi connectivity index (χ2v) is 7.50. The molecule has 0 radical (unpaired) electrons. The molecule has 3 rings (SSSR count). The van der Waals surface area contributed by atoms with Gasteiger partial charge in [0.1, 0.15) is 5.58 Å². The third kappa shape index (κ3) is 5.15. The van der Waals surface area contributed by atoms with Crippen LogP contribution in [0.4, 0.5) is 5.69 Å². The van der Waals surface area contributed by atoms with E-state index in [-0.39, 0.29) is 23.4 Å². The molecule has 0 N–H and O–H groups in total. The topological polar surface area (TPSA) is 59.8 Å². The summed E-state index contributed by atoms with van der Waals surface area (Å²) in [4.78, 5) is 27.1. The van der Waals surface area contributed by atoms with E-state index in [1.165, 1.54) is 0 Å². The van der Waals surface area contributed by atoms with Crippen LogP contribution in [-0.2, 0) is 4.79 Å². The molecule has 1 heterocycles. The summed E-state index contributed by atoms with van der Waals surface area (Å²) in [5.74, 6) is -0.320. The Morgan fingerprint density at radius 3 is 2.52 bits per heavy atom. The molecule has 5 nitrogen and oxygen atoms in total. The summed E-state index contributed by atoms with van der Waals surface area (Å²) in [7, 11) is 3.95. The van der Waals surface area contributed by atoms with Gasteiger partial charge in [0.2, 0.25) is 11.2 Å². The van der Waals surface area contributed by atoms with Gasteiger partial charge in [0.25, 0.3) is 0 Å². The Balaban J connectivity index is 1.99. The van der Waals surface area contributed by atoms with Crippen LogP contribution in [0.25, 0.3) is 23.1 Å². The molecule has 29 heavy (non-hydrogen) atoms. The van der Waals surface area contributed by atoms with Gasteiger partial charge >= 0.3 is 5.97 Å². The minimum absolute atomic E-state index is 0.0792. The Morgan fingerprint density at radius 1 is 1.10 bits per heavy atom. The smallest absolute Gasteiger partial charge is 0.311 e. The Hall–Kier alpha value is -2.86. The Labute approximate surface area is 177 Å². The van der Waals surface area contributed by atoms with Crippen LogP contribution in [0.2, 0.25) is 0 Å². The number of nitrogens with zero attached hydrogens (tertiary/aromatic N) is 1. The second kappa shape index (κ2) is 9.56. The molecule has 150 valence electrons. The van der Waals surface area contributed by atoms with E-state index in [0.717, 1.165) is 11.3 Å². The lowest BCUT2D eigenvalue weighted by atomic mass is 10.1. The van der Waals surface area contributed by atoms with Crippen molar-refractivity contribution in [3.05, 3.63) is 70.1 Å². The average Bonchev–Trinajstić information content (AvgIpc) is 2.73. The molecule has 6 heteroatoms. The molecular formula is C23H22BrNO4. The first-order chi connectivity index (χ1) is 14.0. The maximum atomic E-state index is 12.9. The van der Waals surface area contributed by atoms with E-state index in [4.69, 9.17) is 9.15 Å². The van der Waals surface area contributed by atoms with Crippen LogP contribution in [0, 0.1) is 0 Å². The van der Waals surface area contributed by atoms with Crippen molar-refractivity contribution in [2.75, 3.05) is 24.3 Å². The monoisotopic (exact) mass is 455 g/mol. The fraction of sp³-hybridized carbons (Fsp3) is 0.217. The molecule has 3 aromatic rings. The van der Waals surface area contributed by atoms with Gasteiger partial charge in [-0.15, -0.1) is 0 Å². The summed E-state index contributed by atoms with van der Waals surface area (Å²) < 4.78 is 11.3. The number of esters is 1. The summed E-state index contributed by atoms with van der Waals surface area (Å²) >= 11 is 3.29. The first-order valence-corrected chi connectivity index (χ1v) is 10.4. The van der Waals surface area contributed by atoms with Crippen molar-refractivity contribution in [1.29, 1.82) is 0 Å². The zero-order chi connectivity index (χ0) is 20.8. The minimum Gasteiger partial charge on any atom is -0.453 e. The van der Waals surface area contributed by atoms with Crippen molar-refractivity contribution < 1.29 is 13.9 Å². The summed E-state index contributed by atoms with van der Waals surface area (Å²) in [5, 5.41) is 1.06. The lowest BCUT2D eigenvalue weighted by molar-refractivity contribution is -0.134. The van der Waals surface area contributed by atoms with Gasteiger partial charge in [0.15, 0.2) is 5.76 Å². The molecule has 0 unspecified atom stereocenters. The normalized spacial score (nSPS) is 11.1. The predicted octanol–water partition coefficient (Wildman–Crippen LogP) is 5.11. The van der Waals surface area contributed by atoms with E-state index < -0.39 is 5.97 Å². The summed E-state index contributed by atoms with van der Waals surface area (Å²) in [5.41, 5.74) is 2.10. The van der Waals surface area contributed by atoms with Gasteiger partial charge in [-0.05, 0) is 42.3 Å². The Morgan fingerprint density at radius 2 is 1.83 bits per heavy atom. The third-order valence-corrected chi connectivity index (χ3v) is 4.91. The highest BCUT2D eigenvalue weighted by Gasteiger charge is 2.17. The lowest BCUT2D eigenvalue weighted by Gasteiger charge is -2.11. The highest BCUT2D eigenvalue weighted by molar-refractivity contribution is 9.09. The van der Waals surface area contributed by atoms with E-state index in [1.807, 2.05) is 49.3 Å². The first-order valence-electron chi connectivity index (χ1n) is 9.27. The van der Waals surface area contributed by atoms with Crippen LogP contribution in [0.3, 0.4) is 0 Å². The van der Waals surface area contributed by atoms with E-state index >= 15 is 0 Å². The van der Waals surface area contributed by atoms with Gasteiger partial charge in [-0.1, -0.05) is 46.3 Å². The molecule has 2 aromatic carbocycles. The number of para-hydroxylation sites is 1. The number of carbonyl (C=O) groups is 1. The maximum absolute atomic E-state index is 12.9. The van der Waals surface area contributed by atoms with Gasteiger partial charge in [0, 0.05) is 31.5 Å². The summed E-state index contributed by atoms with van der Waals surface area (Å²) in [6.45, 7) is 0. The van der Waals surface area contributed by atoms with Crippen LogP contribution in [-0.4, -0.2) is 25.4 Å². The number of rotatable bonds is 7. The van der Waals surface area contributed by atoms with Gasteiger partial charge < -0.3 is 14.1 Å². The van der Waals surface area contributed by atoms with Gasteiger partial charge in [-0.3, -0.25) is 9.59 Å². The zero-order valence-electron chi connectivity index (χ0n) is 16.4. The standard InChI is InChI=1S/C23H22BrNO4/c1-25(2)17-12-9-16(10-13-17)11-14-20-23(29-21(26)8-5-15-24)22(27)18-6-3-4-7-19(18)28-20/h3-4,6-7,9-14H,5,8,15H2,1-2H3/b14-11+. The third-order valence-electron chi connectivity index (χ3n) is 4.35. The minimum atomic E-state index is -0.461. The van der Waals surface area contributed by atoms with Gasteiger partial charge in [-0.2, -0.15) is 0 Å². The SMILES string of the molecule is CN(C)c1ccc(/C=C/c2oc3ccccc3c(=O)c2OC(=O)CCCBr)cc1.